The Morgan fingerprint density at radius 1 is 1.40 bits per heavy atom. The molecule has 0 unspecified atom stereocenters. The molecule has 0 bridgehead atoms. The summed E-state index contributed by atoms with van der Waals surface area (Å²) in [6.45, 7) is 4.67. The number of rotatable bonds is 4. The van der Waals surface area contributed by atoms with E-state index >= 15 is 0 Å². The van der Waals surface area contributed by atoms with Crippen molar-refractivity contribution in [2.24, 2.45) is 0 Å². The lowest BCUT2D eigenvalue weighted by molar-refractivity contribution is 0.326. The number of para-hydroxylation sites is 2. The van der Waals surface area contributed by atoms with Gasteiger partial charge in [0, 0.05) is 6.42 Å². The van der Waals surface area contributed by atoms with E-state index in [2.05, 4.69) is 5.73 Å². The van der Waals surface area contributed by atoms with E-state index in [4.69, 9.17) is 10.5 Å². The summed E-state index contributed by atoms with van der Waals surface area (Å²) in [4.78, 5) is 0. The molecule has 0 amide bonds. The van der Waals surface area contributed by atoms with Crippen molar-refractivity contribution < 1.29 is 4.74 Å². The summed E-state index contributed by atoms with van der Waals surface area (Å²) in [6.07, 6.45) is 2.83. The van der Waals surface area contributed by atoms with Crippen LogP contribution in [0.4, 0.5) is 5.69 Å². The average molecular weight is 203 g/mol. The van der Waals surface area contributed by atoms with Crippen molar-refractivity contribution in [1.82, 2.24) is 0 Å². The molecule has 1 aromatic rings. The normalized spacial score (nSPS) is 9.20. The highest BCUT2D eigenvalue weighted by molar-refractivity contribution is 5.51. The maximum atomic E-state index is 5.73. The zero-order valence-electron chi connectivity index (χ0n) is 9.29. The van der Waals surface area contributed by atoms with Crippen molar-refractivity contribution in [2.75, 3.05) is 12.3 Å². The molecule has 1 rings (SSSR count). The minimum atomic E-state index is 0.633. The number of nitrogens with two attached hydrogens (primary N) is 1. The molecule has 2 heteroatoms. The molecule has 0 atom stereocenters. The summed E-state index contributed by atoms with van der Waals surface area (Å²) in [5.74, 6) is 0.753. The van der Waals surface area contributed by atoms with Crippen LogP contribution in [0, 0.1) is 0 Å². The van der Waals surface area contributed by atoms with Gasteiger partial charge in [0.1, 0.15) is 5.75 Å². The lowest BCUT2D eigenvalue weighted by atomic mass is 10.3. The molecule has 0 aliphatic heterocycles. The summed E-state index contributed by atoms with van der Waals surface area (Å²) >= 11 is 0. The lowest BCUT2D eigenvalue weighted by Gasteiger charge is -2.06. The quantitative estimate of drug-likeness (QED) is 0.463. The van der Waals surface area contributed by atoms with Crippen LogP contribution in [0.15, 0.2) is 41.6 Å². The van der Waals surface area contributed by atoms with Crippen molar-refractivity contribution in [3.63, 3.8) is 0 Å². The highest BCUT2D eigenvalue weighted by Gasteiger charge is 1.95. The summed E-state index contributed by atoms with van der Waals surface area (Å²) in [6, 6.07) is 7.52. The number of nitrogen functional groups attached to an aromatic ring is 1. The Kier molecular flexibility index (Phi) is 4.52. The molecule has 15 heavy (non-hydrogen) atoms. The van der Waals surface area contributed by atoms with Gasteiger partial charge in [-0.1, -0.05) is 12.1 Å². The van der Waals surface area contributed by atoms with E-state index < -0.39 is 0 Å². The Hall–Kier alpha value is -1.66. The molecule has 0 saturated carbocycles. The van der Waals surface area contributed by atoms with Crippen molar-refractivity contribution in [2.45, 2.75) is 20.3 Å². The van der Waals surface area contributed by atoms with E-state index in [1.54, 1.807) is 0 Å². The van der Waals surface area contributed by atoms with E-state index in [1.807, 2.05) is 44.2 Å². The number of benzene rings is 1. The van der Waals surface area contributed by atoms with Crippen LogP contribution in [0.25, 0.3) is 0 Å². The Bertz CT molecular complexity index is 372. The van der Waals surface area contributed by atoms with Gasteiger partial charge in [0.15, 0.2) is 0 Å². The van der Waals surface area contributed by atoms with Crippen LogP contribution in [-0.4, -0.2) is 6.61 Å². The van der Waals surface area contributed by atoms with Crippen LogP contribution in [0.5, 0.6) is 5.75 Å². The molecule has 0 aromatic heterocycles. The van der Waals surface area contributed by atoms with Gasteiger partial charge in [0.2, 0.25) is 0 Å². The molecule has 0 spiro atoms. The Labute approximate surface area is 91.1 Å². The van der Waals surface area contributed by atoms with E-state index in [0.717, 1.165) is 12.2 Å². The Morgan fingerprint density at radius 2 is 2.13 bits per heavy atom. The molecule has 0 saturated heterocycles. The first kappa shape index (κ1) is 11.4. The molecule has 1 aromatic carbocycles. The summed E-state index contributed by atoms with van der Waals surface area (Å²) in [5, 5.41) is 0. The maximum Gasteiger partial charge on any atom is 0.142 e. The van der Waals surface area contributed by atoms with Gasteiger partial charge in [-0.05, 0) is 37.6 Å². The third-order valence-electron chi connectivity index (χ3n) is 1.83. The maximum absolute atomic E-state index is 5.73. The topological polar surface area (TPSA) is 35.2 Å². The van der Waals surface area contributed by atoms with Gasteiger partial charge in [-0.25, -0.2) is 0 Å². The molecule has 0 fully saturated rings. The van der Waals surface area contributed by atoms with E-state index in [0.29, 0.717) is 12.3 Å². The van der Waals surface area contributed by atoms with Crippen molar-refractivity contribution in [3.05, 3.63) is 41.6 Å². The van der Waals surface area contributed by atoms with Crippen LogP contribution in [0.3, 0.4) is 0 Å². The molecule has 0 aliphatic rings. The summed E-state index contributed by atoms with van der Waals surface area (Å²) in [5.41, 5.74) is 10.7. The zero-order chi connectivity index (χ0) is 11.1. The van der Waals surface area contributed by atoms with Gasteiger partial charge in [-0.3, -0.25) is 0 Å². The monoisotopic (exact) mass is 203 g/mol. The van der Waals surface area contributed by atoms with Crippen LogP contribution in [-0.2, 0) is 0 Å². The van der Waals surface area contributed by atoms with Gasteiger partial charge in [-0.2, -0.15) is 0 Å². The van der Waals surface area contributed by atoms with Crippen LogP contribution in [0.1, 0.15) is 20.3 Å². The molecular weight excluding hydrogens is 186 g/mol. The molecular formula is C13H17NO. The fourth-order valence-corrected chi connectivity index (χ4v) is 1.12. The molecule has 2 N–H and O–H groups in total. The van der Waals surface area contributed by atoms with Crippen molar-refractivity contribution >= 4 is 5.69 Å². The van der Waals surface area contributed by atoms with Crippen molar-refractivity contribution in [3.8, 4) is 5.75 Å². The van der Waals surface area contributed by atoms with Gasteiger partial charge < -0.3 is 10.5 Å². The number of anilines is 1. The fourth-order valence-electron chi connectivity index (χ4n) is 1.12. The van der Waals surface area contributed by atoms with Gasteiger partial charge >= 0.3 is 0 Å². The Balaban J connectivity index is 2.39. The highest BCUT2D eigenvalue weighted by atomic mass is 16.5. The first-order valence-corrected chi connectivity index (χ1v) is 5.06. The third-order valence-corrected chi connectivity index (χ3v) is 1.83. The predicted molar refractivity (Wildman–Crippen MR) is 63.9 cm³/mol. The van der Waals surface area contributed by atoms with E-state index in [-0.39, 0.29) is 0 Å². The number of hydrogen-bond donors (Lipinski definition) is 1. The number of ether oxygens (including phenoxy) is 1. The first-order chi connectivity index (χ1) is 7.20. The van der Waals surface area contributed by atoms with Crippen molar-refractivity contribution in [1.29, 1.82) is 0 Å². The standard InChI is InChI=1S/C13H17NO/c1-11(2)7-5-6-10-15-13-9-4-3-8-12(13)14/h3-5,8-9H,6,10,14H2,1-2H3. The second kappa shape index (κ2) is 5.94. The van der Waals surface area contributed by atoms with Crippen LogP contribution < -0.4 is 10.5 Å². The van der Waals surface area contributed by atoms with Gasteiger partial charge in [0.25, 0.3) is 0 Å². The minimum Gasteiger partial charge on any atom is -0.491 e. The molecule has 0 heterocycles. The SMILES string of the molecule is CC(C)=C=CCCOc1ccccc1N. The van der Waals surface area contributed by atoms with Gasteiger partial charge in [0.05, 0.1) is 12.3 Å². The van der Waals surface area contributed by atoms with E-state index in [1.165, 1.54) is 5.57 Å². The third kappa shape index (κ3) is 4.39. The van der Waals surface area contributed by atoms with Crippen LogP contribution >= 0.6 is 0 Å². The van der Waals surface area contributed by atoms with Crippen LogP contribution in [0.2, 0.25) is 0 Å². The first-order valence-electron chi connectivity index (χ1n) is 5.06. The zero-order valence-corrected chi connectivity index (χ0v) is 9.29. The van der Waals surface area contributed by atoms with E-state index in [9.17, 15) is 0 Å². The molecule has 0 radical (unpaired) electrons. The highest BCUT2D eigenvalue weighted by Crippen LogP contribution is 2.19. The molecule has 2 nitrogen and oxygen atoms in total. The second-order valence-electron chi connectivity index (χ2n) is 3.52. The number of hydrogen-bond acceptors (Lipinski definition) is 2. The van der Waals surface area contributed by atoms with Gasteiger partial charge in [-0.15, -0.1) is 5.73 Å². The Morgan fingerprint density at radius 3 is 2.80 bits per heavy atom. The molecule has 0 aliphatic carbocycles. The smallest absolute Gasteiger partial charge is 0.142 e. The largest absolute Gasteiger partial charge is 0.491 e. The molecule has 80 valence electrons. The predicted octanol–water partition coefficient (Wildman–Crippen LogP) is 3.16. The average Bonchev–Trinajstić information content (AvgIpc) is 2.20. The lowest BCUT2D eigenvalue weighted by Crippen LogP contribution is -1.98. The summed E-state index contributed by atoms with van der Waals surface area (Å²) in [7, 11) is 0. The summed E-state index contributed by atoms with van der Waals surface area (Å²) < 4.78 is 5.51. The fraction of sp³-hybridized carbons (Fsp3) is 0.308. The second-order valence-corrected chi connectivity index (χ2v) is 3.52. The minimum absolute atomic E-state index is 0.633.